The number of H-pyrrole nitrogens is 1. The Labute approximate surface area is 189 Å². The van der Waals surface area contributed by atoms with E-state index in [1.165, 1.54) is 14.0 Å². The number of imidazole rings is 1. The fraction of sp³-hybridized carbons (Fsp3) is 0.174. The van der Waals surface area contributed by atoms with E-state index in [0.717, 1.165) is 0 Å². The van der Waals surface area contributed by atoms with Crippen LogP contribution >= 0.6 is 0 Å². The van der Waals surface area contributed by atoms with Crippen molar-refractivity contribution in [1.29, 1.82) is 5.26 Å². The highest BCUT2D eigenvalue weighted by atomic mass is 16.5. The number of rotatable bonds is 7. The second-order valence-electron chi connectivity index (χ2n) is 7.07. The van der Waals surface area contributed by atoms with Gasteiger partial charge >= 0.3 is 0 Å². The molecule has 0 atom stereocenters. The molecule has 0 spiro atoms. The Morgan fingerprint density at radius 3 is 2.39 bits per heavy atom. The molecule has 0 fully saturated rings. The van der Waals surface area contributed by atoms with E-state index in [1.54, 1.807) is 49.2 Å². The molecule has 4 rings (SSSR count). The number of carbonyl (C=O) groups excluding carboxylic acids is 1. The van der Waals surface area contributed by atoms with Gasteiger partial charge < -0.3 is 24.8 Å². The van der Waals surface area contributed by atoms with Crippen LogP contribution in [0.15, 0.2) is 42.6 Å². The molecule has 2 aromatic carbocycles. The molecule has 0 saturated heterocycles. The van der Waals surface area contributed by atoms with Crippen LogP contribution in [-0.4, -0.2) is 41.8 Å². The zero-order valence-electron chi connectivity index (χ0n) is 18.5. The summed E-state index contributed by atoms with van der Waals surface area (Å²) in [6, 6.07) is 13.0. The number of fused-ring (bicyclic) bond motifs is 1. The number of hydrogen-bond acceptors (Lipinski definition) is 7. The van der Waals surface area contributed by atoms with Crippen molar-refractivity contribution in [3.05, 3.63) is 48.2 Å². The Morgan fingerprint density at radius 1 is 1.09 bits per heavy atom. The van der Waals surface area contributed by atoms with Crippen LogP contribution in [0.5, 0.6) is 17.2 Å². The number of nitrogens with zero attached hydrogens (tertiary/aromatic N) is 3. The molecular weight excluding hydrogens is 424 g/mol. The fourth-order valence-electron chi connectivity index (χ4n) is 3.55. The van der Waals surface area contributed by atoms with Gasteiger partial charge in [0.25, 0.3) is 0 Å². The first-order valence-corrected chi connectivity index (χ1v) is 9.94. The monoisotopic (exact) mass is 446 g/mol. The number of aromatic amines is 1. The van der Waals surface area contributed by atoms with Gasteiger partial charge in [-0.15, -0.1) is 0 Å². The molecule has 168 valence electrons. The van der Waals surface area contributed by atoms with E-state index < -0.39 is 0 Å². The molecule has 10 heteroatoms. The van der Waals surface area contributed by atoms with E-state index in [1.807, 2.05) is 12.1 Å². The molecule has 0 unspecified atom stereocenters. The summed E-state index contributed by atoms with van der Waals surface area (Å²) < 4.78 is 18.1. The fourth-order valence-corrected chi connectivity index (χ4v) is 3.55. The Hall–Kier alpha value is -4.65. The largest absolute Gasteiger partial charge is 0.493 e. The van der Waals surface area contributed by atoms with Crippen LogP contribution in [0, 0.1) is 11.3 Å². The normalized spacial score (nSPS) is 10.5. The van der Waals surface area contributed by atoms with E-state index in [-0.39, 0.29) is 5.91 Å². The van der Waals surface area contributed by atoms with E-state index in [2.05, 4.69) is 21.8 Å². The van der Waals surface area contributed by atoms with Gasteiger partial charge in [0.05, 0.1) is 21.3 Å². The predicted octanol–water partition coefficient (Wildman–Crippen LogP) is 3.93. The van der Waals surface area contributed by atoms with Crippen molar-refractivity contribution in [1.82, 2.24) is 14.6 Å². The molecule has 0 bridgehead atoms. The van der Waals surface area contributed by atoms with Crippen LogP contribution in [0.3, 0.4) is 0 Å². The van der Waals surface area contributed by atoms with Crippen LogP contribution < -0.4 is 24.8 Å². The molecule has 1 amide bonds. The standard InChI is InChI=1S/C23H22N6O4/c1-13(30)26-16-6-5-7-17(10-16)27-23-20(28-22-15(11-24)12-25-29(22)23)14-8-18(31-2)21(33-4)19(9-14)32-3/h5-10,12,25,27H,1-4H3,(H,26,30). The Kier molecular flexibility index (Phi) is 5.78. The minimum Gasteiger partial charge on any atom is -0.493 e. The van der Waals surface area contributed by atoms with Crippen molar-refractivity contribution >= 4 is 28.7 Å². The lowest BCUT2D eigenvalue weighted by Crippen LogP contribution is -2.06. The number of benzene rings is 2. The first-order chi connectivity index (χ1) is 16.0. The molecule has 3 N–H and O–H groups in total. The Bertz CT molecular complexity index is 1360. The summed E-state index contributed by atoms with van der Waals surface area (Å²) in [5.74, 6) is 1.83. The summed E-state index contributed by atoms with van der Waals surface area (Å²) in [7, 11) is 4.62. The molecule has 0 saturated carbocycles. The highest BCUT2D eigenvalue weighted by molar-refractivity contribution is 5.90. The van der Waals surface area contributed by atoms with Gasteiger partial charge in [-0.05, 0) is 30.3 Å². The van der Waals surface area contributed by atoms with Gasteiger partial charge in [-0.25, -0.2) is 9.50 Å². The van der Waals surface area contributed by atoms with Gasteiger partial charge in [-0.2, -0.15) is 5.26 Å². The summed E-state index contributed by atoms with van der Waals surface area (Å²) >= 11 is 0. The minimum atomic E-state index is -0.167. The number of amides is 1. The quantitative estimate of drug-likeness (QED) is 0.393. The molecule has 2 aromatic heterocycles. The van der Waals surface area contributed by atoms with Crippen molar-refractivity contribution in [2.45, 2.75) is 6.92 Å². The lowest BCUT2D eigenvalue weighted by atomic mass is 10.1. The first-order valence-electron chi connectivity index (χ1n) is 9.94. The summed E-state index contributed by atoms with van der Waals surface area (Å²) in [5.41, 5.74) is 3.45. The zero-order valence-corrected chi connectivity index (χ0v) is 18.5. The Morgan fingerprint density at radius 2 is 1.79 bits per heavy atom. The first kappa shape index (κ1) is 21.6. The molecule has 0 aliphatic carbocycles. The minimum absolute atomic E-state index is 0.167. The molecule has 0 aliphatic heterocycles. The third-order valence-corrected chi connectivity index (χ3v) is 4.96. The lowest BCUT2D eigenvalue weighted by Gasteiger charge is -2.14. The summed E-state index contributed by atoms with van der Waals surface area (Å²) in [6.45, 7) is 1.45. The SMILES string of the molecule is COc1cc(-c2nc3c(C#N)c[nH]n3c2Nc2cccc(NC(C)=O)c2)cc(OC)c1OC. The lowest BCUT2D eigenvalue weighted by molar-refractivity contribution is -0.114. The van der Waals surface area contributed by atoms with Crippen molar-refractivity contribution in [2.75, 3.05) is 32.0 Å². The van der Waals surface area contributed by atoms with Crippen LogP contribution in [-0.2, 0) is 4.79 Å². The highest BCUT2D eigenvalue weighted by Gasteiger charge is 2.22. The number of aromatic nitrogens is 3. The predicted molar refractivity (Wildman–Crippen MR) is 123 cm³/mol. The molecule has 4 aromatic rings. The van der Waals surface area contributed by atoms with Crippen LogP contribution in [0.25, 0.3) is 16.9 Å². The number of ether oxygens (including phenoxy) is 3. The number of nitrogens with one attached hydrogen (secondary N) is 3. The summed E-state index contributed by atoms with van der Waals surface area (Å²) in [4.78, 5) is 16.2. The Balaban J connectivity index is 1.89. The average molecular weight is 446 g/mol. The van der Waals surface area contributed by atoms with Gasteiger partial charge in [0.2, 0.25) is 11.7 Å². The van der Waals surface area contributed by atoms with Gasteiger partial charge in [-0.3, -0.25) is 9.89 Å². The van der Waals surface area contributed by atoms with Crippen molar-refractivity contribution < 1.29 is 19.0 Å². The summed E-state index contributed by atoms with van der Waals surface area (Å²) in [5, 5.41) is 18.7. The molecule has 0 radical (unpaired) electrons. The molecular formula is C23H22N6O4. The average Bonchev–Trinajstić information content (AvgIpc) is 3.37. The third kappa shape index (κ3) is 3.99. The molecule has 10 nitrogen and oxygen atoms in total. The number of methoxy groups -OCH3 is 3. The van der Waals surface area contributed by atoms with Crippen molar-refractivity contribution in [3.63, 3.8) is 0 Å². The third-order valence-electron chi connectivity index (χ3n) is 4.96. The number of carbonyl (C=O) groups is 1. The van der Waals surface area contributed by atoms with Crippen molar-refractivity contribution in [3.8, 4) is 34.6 Å². The summed E-state index contributed by atoms with van der Waals surface area (Å²) in [6.07, 6.45) is 1.58. The van der Waals surface area contributed by atoms with Crippen LogP contribution in [0.4, 0.5) is 17.2 Å². The van der Waals surface area contributed by atoms with E-state index in [4.69, 9.17) is 19.2 Å². The van der Waals surface area contributed by atoms with Crippen LogP contribution in [0.2, 0.25) is 0 Å². The highest BCUT2D eigenvalue weighted by Crippen LogP contribution is 2.43. The second-order valence-corrected chi connectivity index (χ2v) is 7.07. The van der Waals surface area contributed by atoms with Gasteiger partial charge in [0, 0.05) is 30.1 Å². The van der Waals surface area contributed by atoms with Gasteiger partial charge in [-0.1, -0.05) is 6.07 Å². The van der Waals surface area contributed by atoms with Crippen molar-refractivity contribution in [2.24, 2.45) is 0 Å². The zero-order chi connectivity index (χ0) is 23.5. The smallest absolute Gasteiger partial charge is 0.221 e. The number of hydrogen-bond donors (Lipinski definition) is 3. The maximum atomic E-state index is 11.4. The second kappa shape index (κ2) is 8.84. The topological polar surface area (TPSA) is 126 Å². The molecule has 2 heterocycles. The van der Waals surface area contributed by atoms with Crippen LogP contribution in [0.1, 0.15) is 12.5 Å². The van der Waals surface area contributed by atoms with E-state index in [9.17, 15) is 10.1 Å². The molecule has 0 aliphatic rings. The van der Waals surface area contributed by atoms with E-state index in [0.29, 0.717) is 56.9 Å². The maximum Gasteiger partial charge on any atom is 0.221 e. The van der Waals surface area contributed by atoms with Gasteiger partial charge in [0.15, 0.2) is 23.0 Å². The molecule has 33 heavy (non-hydrogen) atoms. The number of anilines is 3. The van der Waals surface area contributed by atoms with E-state index >= 15 is 0 Å². The van der Waals surface area contributed by atoms with Gasteiger partial charge in [0.1, 0.15) is 17.3 Å². The number of nitriles is 1. The maximum absolute atomic E-state index is 11.4.